The van der Waals surface area contributed by atoms with E-state index in [0.717, 1.165) is 11.1 Å². The third-order valence-electron chi connectivity index (χ3n) is 2.52. The lowest BCUT2D eigenvalue weighted by Gasteiger charge is -2.24. The molecule has 1 heterocycles. The fourth-order valence-electron chi connectivity index (χ4n) is 1.69. The van der Waals surface area contributed by atoms with Crippen LogP contribution in [0.5, 0.6) is 5.75 Å². The van der Waals surface area contributed by atoms with E-state index in [1.807, 2.05) is 27.2 Å². The molecular weight excluding hydrogens is 224 g/mol. The van der Waals surface area contributed by atoms with Crippen LogP contribution in [-0.4, -0.2) is 31.2 Å². The molecule has 0 saturated heterocycles. The van der Waals surface area contributed by atoms with Crippen LogP contribution >= 0.6 is 11.6 Å². The summed E-state index contributed by atoms with van der Waals surface area (Å²) in [6.45, 7) is 0. The SMILES string of the molecule is C[N+](C)(C)c1cc(Cl)c2cccnc2c1O. The number of fused-ring (bicyclic) bond motifs is 1. The average Bonchev–Trinajstić information content (AvgIpc) is 2.22. The molecule has 0 saturated carbocycles. The van der Waals surface area contributed by atoms with Crippen molar-refractivity contribution in [2.45, 2.75) is 0 Å². The van der Waals surface area contributed by atoms with Gasteiger partial charge in [-0.15, -0.1) is 0 Å². The standard InChI is InChI=1S/C12H13ClN2O/c1-15(2,3)10-7-9(13)8-5-4-6-14-11(8)12(10)16/h4-7H,1-3H3/p+1. The Labute approximate surface area is 99.5 Å². The van der Waals surface area contributed by atoms with E-state index >= 15 is 0 Å². The molecule has 2 aromatic rings. The summed E-state index contributed by atoms with van der Waals surface area (Å²) < 4.78 is 0.498. The molecular formula is C12H14ClN2O+. The molecule has 0 aliphatic rings. The number of phenolic OH excluding ortho intramolecular Hbond substituents is 1. The zero-order valence-electron chi connectivity index (χ0n) is 9.53. The normalized spacial score (nSPS) is 12.0. The van der Waals surface area contributed by atoms with Gasteiger partial charge in [-0.3, -0.25) is 9.47 Å². The maximum absolute atomic E-state index is 10.2. The second-order valence-electron chi connectivity index (χ2n) is 4.64. The van der Waals surface area contributed by atoms with Crippen molar-refractivity contribution < 1.29 is 5.11 Å². The second kappa shape index (κ2) is 3.61. The Hall–Kier alpha value is -1.32. The van der Waals surface area contributed by atoms with Gasteiger partial charge in [0.2, 0.25) is 5.75 Å². The number of hydrogen-bond donors (Lipinski definition) is 1. The van der Waals surface area contributed by atoms with Crippen LogP contribution in [0.2, 0.25) is 5.02 Å². The van der Waals surface area contributed by atoms with Crippen molar-refractivity contribution in [1.82, 2.24) is 9.47 Å². The van der Waals surface area contributed by atoms with Crippen LogP contribution in [0.25, 0.3) is 10.9 Å². The highest BCUT2D eigenvalue weighted by Gasteiger charge is 2.22. The monoisotopic (exact) mass is 237 g/mol. The Kier molecular flexibility index (Phi) is 2.52. The number of pyridine rings is 1. The Morgan fingerprint density at radius 1 is 1.31 bits per heavy atom. The third kappa shape index (κ3) is 1.72. The molecule has 16 heavy (non-hydrogen) atoms. The highest BCUT2D eigenvalue weighted by molar-refractivity contribution is 6.36. The minimum atomic E-state index is 0.201. The summed E-state index contributed by atoms with van der Waals surface area (Å²) in [6, 6.07) is 5.45. The van der Waals surface area contributed by atoms with Gasteiger partial charge in [0.1, 0.15) is 5.52 Å². The number of aromatic hydroxyl groups is 1. The average molecular weight is 238 g/mol. The van der Waals surface area contributed by atoms with E-state index in [1.165, 1.54) is 0 Å². The Morgan fingerprint density at radius 3 is 2.62 bits per heavy atom. The van der Waals surface area contributed by atoms with Crippen LogP contribution < -0.4 is 4.48 Å². The molecule has 0 atom stereocenters. The first-order valence-electron chi connectivity index (χ1n) is 4.99. The fraction of sp³-hybridized carbons (Fsp3) is 0.250. The summed E-state index contributed by atoms with van der Waals surface area (Å²) >= 11 is 6.18. The van der Waals surface area contributed by atoms with Crippen LogP contribution in [0.1, 0.15) is 0 Å². The van der Waals surface area contributed by atoms with Crippen molar-refractivity contribution >= 4 is 28.2 Å². The van der Waals surface area contributed by atoms with E-state index in [4.69, 9.17) is 11.6 Å². The zero-order chi connectivity index (χ0) is 11.9. The summed E-state index contributed by atoms with van der Waals surface area (Å²) in [5, 5.41) is 11.6. The number of aromatic nitrogens is 1. The van der Waals surface area contributed by atoms with E-state index in [0.29, 0.717) is 15.0 Å². The van der Waals surface area contributed by atoms with Gasteiger partial charge in [-0.05, 0) is 12.1 Å². The van der Waals surface area contributed by atoms with Gasteiger partial charge in [0, 0.05) is 17.6 Å². The van der Waals surface area contributed by atoms with Gasteiger partial charge < -0.3 is 5.11 Å². The summed E-state index contributed by atoms with van der Waals surface area (Å²) in [4.78, 5) is 4.17. The van der Waals surface area contributed by atoms with Gasteiger partial charge in [-0.2, -0.15) is 0 Å². The smallest absolute Gasteiger partial charge is 0.204 e. The van der Waals surface area contributed by atoms with Gasteiger partial charge >= 0.3 is 0 Å². The second-order valence-corrected chi connectivity index (χ2v) is 5.05. The first-order chi connectivity index (χ1) is 7.41. The molecule has 0 amide bonds. The minimum Gasteiger partial charge on any atom is -0.501 e. The maximum atomic E-state index is 10.2. The first-order valence-corrected chi connectivity index (χ1v) is 5.37. The fourth-order valence-corrected chi connectivity index (χ4v) is 1.94. The van der Waals surface area contributed by atoms with Crippen LogP contribution in [0.4, 0.5) is 5.69 Å². The molecule has 0 unspecified atom stereocenters. The van der Waals surface area contributed by atoms with E-state index in [1.54, 1.807) is 18.3 Å². The molecule has 0 aliphatic carbocycles. The zero-order valence-corrected chi connectivity index (χ0v) is 10.3. The van der Waals surface area contributed by atoms with Gasteiger partial charge in [-0.25, -0.2) is 0 Å². The lowest BCUT2D eigenvalue weighted by molar-refractivity contribution is 0.430. The summed E-state index contributed by atoms with van der Waals surface area (Å²) in [5.41, 5.74) is 1.31. The Balaban J connectivity index is 2.86. The van der Waals surface area contributed by atoms with E-state index in [2.05, 4.69) is 4.98 Å². The number of phenols is 1. The predicted molar refractivity (Wildman–Crippen MR) is 68.0 cm³/mol. The lowest BCUT2D eigenvalue weighted by atomic mass is 10.1. The van der Waals surface area contributed by atoms with E-state index < -0.39 is 0 Å². The van der Waals surface area contributed by atoms with Crippen molar-refractivity contribution in [3.63, 3.8) is 0 Å². The summed E-state index contributed by atoms with van der Waals surface area (Å²) in [7, 11) is 5.92. The minimum absolute atomic E-state index is 0.201. The predicted octanol–water partition coefficient (Wildman–Crippen LogP) is 2.79. The third-order valence-corrected chi connectivity index (χ3v) is 2.83. The van der Waals surface area contributed by atoms with Crippen LogP contribution in [0.15, 0.2) is 24.4 Å². The molecule has 2 rings (SSSR count). The molecule has 0 aliphatic heterocycles. The Bertz CT molecular complexity index is 546. The number of nitrogens with zero attached hydrogens (tertiary/aromatic N) is 2. The van der Waals surface area contributed by atoms with Crippen molar-refractivity contribution in [3.05, 3.63) is 29.4 Å². The molecule has 0 spiro atoms. The summed E-state index contributed by atoms with van der Waals surface area (Å²) in [5.74, 6) is 0.201. The number of rotatable bonds is 1. The number of quaternary nitrogens is 1. The van der Waals surface area contributed by atoms with Crippen LogP contribution in [0, 0.1) is 0 Å². The molecule has 1 N–H and O–H groups in total. The number of benzene rings is 1. The topological polar surface area (TPSA) is 33.1 Å². The van der Waals surface area contributed by atoms with E-state index in [9.17, 15) is 5.11 Å². The number of hydrogen-bond acceptors (Lipinski definition) is 2. The molecule has 0 radical (unpaired) electrons. The highest BCUT2D eigenvalue weighted by Crippen LogP contribution is 2.39. The molecule has 0 bridgehead atoms. The van der Waals surface area contributed by atoms with Crippen molar-refractivity contribution in [1.29, 1.82) is 0 Å². The summed E-state index contributed by atoms with van der Waals surface area (Å²) in [6.07, 6.45) is 1.65. The van der Waals surface area contributed by atoms with Gasteiger partial charge in [0.15, 0.2) is 5.69 Å². The quantitative estimate of drug-likeness (QED) is 0.774. The highest BCUT2D eigenvalue weighted by atomic mass is 35.5. The Morgan fingerprint density at radius 2 is 2.00 bits per heavy atom. The largest absolute Gasteiger partial charge is 0.501 e. The molecule has 0 fully saturated rings. The van der Waals surface area contributed by atoms with Gasteiger partial charge in [-0.1, -0.05) is 11.6 Å². The maximum Gasteiger partial charge on any atom is 0.204 e. The molecule has 1 aromatic carbocycles. The molecule has 4 heteroatoms. The lowest BCUT2D eigenvalue weighted by Crippen LogP contribution is -2.34. The van der Waals surface area contributed by atoms with Crippen LogP contribution in [0.3, 0.4) is 0 Å². The number of halogens is 1. The van der Waals surface area contributed by atoms with Crippen molar-refractivity contribution in [3.8, 4) is 5.75 Å². The van der Waals surface area contributed by atoms with Gasteiger partial charge in [0.25, 0.3) is 0 Å². The van der Waals surface area contributed by atoms with E-state index in [-0.39, 0.29) is 5.75 Å². The van der Waals surface area contributed by atoms with Crippen molar-refractivity contribution in [2.24, 2.45) is 0 Å². The van der Waals surface area contributed by atoms with Crippen LogP contribution in [-0.2, 0) is 0 Å². The van der Waals surface area contributed by atoms with Gasteiger partial charge in [0.05, 0.1) is 26.2 Å². The first kappa shape index (κ1) is 11.2. The molecule has 1 aromatic heterocycles. The van der Waals surface area contributed by atoms with Crippen molar-refractivity contribution in [2.75, 3.05) is 21.1 Å². The molecule has 84 valence electrons. The molecule has 3 nitrogen and oxygen atoms in total.